The molecule has 0 aliphatic carbocycles. The molecule has 4 rings (SSSR count). The van der Waals surface area contributed by atoms with Crippen LogP contribution in [0.3, 0.4) is 0 Å². The van der Waals surface area contributed by atoms with Gasteiger partial charge in [-0.2, -0.15) is 0 Å². The summed E-state index contributed by atoms with van der Waals surface area (Å²) in [5.41, 5.74) is 2.67. The molecule has 0 saturated carbocycles. The van der Waals surface area contributed by atoms with Gasteiger partial charge in [-0.3, -0.25) is 4.79 Å². The van der Waals surface area contributed by atoms with Gasteiger partial charge in [-0.1, -0.05) is 30.3 Å². The van der Waals surface area contributed by atoms with Crippen molar-refractivity contribution in [2.75, 3.05) is 6.79 Å². The van der Waals surface area contributed by atoms with E-state index >= 15 is 0 Å². The molecule has 0 fully saturated rings. The van der Waals surface area contributed by atoms with Gasteiger partial charge in [-0.25, -0.2) is 0 Å². The summed E-state index contributed by atoms with van der Waals surface area (Å²) < 4.78 is 16.8. The Hall–Kier alpha value is -2.75. The topological polar surface area (TPSA) is 44.8 Å². The molecule has 0 aromatic heterocycles. The van der Waals surface area contributed by atoms with Crippen molar-refractivity contribution in [2.24, 2.45) is 0 Å². The Kier molecular flexibility index (Phi) is 3.11. The molecule has 0 amide bonds. The first kappa shape index (κ1) is 13.9. The second-order valence-electron chi connectivity index (χ2n) is 5.72. The van der Waals surface area contributed by atoms with Crippen molar-refractivity contribution in [3.8, 4) is 17.2 Å². The van der Waals surface area contributed by atoms with Crippen LogP contribution in [-0.2, 0) is 4.79 Å². The van der Waals surface area contributed by atoms with E-state index < -0.39 is 0 Å². The molecular weight excluding hydrogens is 292 g/mol. The molecule has 0 bridgehead atoms. The van der Waals surface area contributed by atoms with Crippen molar-refractivity contribution in [3.63, 3.8) is 0 Å². The molecule has 2 aromatic carbocycles. The van der Waals surface area contributed by atoms with E-state index in [1.165, 1.54) is 0 Å². The van der Waals surface area contributed by atoms with Crippen molar-refractivity contribution in [2.45, 2.75) is 19.8 Å². The lowest BCUT2D eigenvalue weighted by Crippen LogP contribution is -2.20. The predicted molar refractivity (Wildman–Crippen MR) is 84.9 cm³/mol. The highest BCUT2D eigenvalue weighted by molar-refractivity contribution is 5.97. The number of rotatable bonds is 2. The second-order valence-corrected chi connectivity index (χ2v) is 5.72. The third kappa shape index (κ3) is 2.18. The van der Waals surface area contributed by atoms with Gasteiger partial charge in [0.25, 0.3) is 0 Å². The average Bonchev–Trinajstić information content (AvgIpc) is 2.99. The maximum absolute atomic E-state index is 12.2. The molecule has 2 aromatic rings. The minimum Gasteiger partial charge on any atom is -0.461 e. The maximum atomic E-state index is 12.2. The summed E-state index contributed by atoms with van der Waals surface area (Å²) in [6.45, 7) is 3.62. The molecule has 2 aliphatic rings. The Morgan fingerprint density at radius 1 is 1.04 bits per heavy atom. The van der Waals surface area contributed by atoms with E-state index in [9.17, 15) is 4.79 Å². The molecule has 2 aliphatic heterocycles. The molecule has 0 radical (unpaired) electrons. The van der Waals surface area contributed by atoms with Crippen molar-refractivity contribution < 1.29 is 19.0 Å². The Bertz CT molecular complexity index is 821. The number of allylic oxidation sites excluding steroid dienone is 2. The van der Waals surface area contributed by atoms with E-state index in [0.29, 0.717) is 28.6 Å². The number of fused-ring (bicyclic) bond motifs is 2. The Labute approximate surface area is 134 Å². The number of benzene rings is 2. The van der Waals surface area contributed by atoms with E-state index in [1.54, 1.807) is 6.92 Å². The van der Waals surface area contributed by atoms with Crippen LogP contribution in [0.4, 0.5) is 0 Å². The minimum absolute atomic E-state index is 0.0136. The zero-order valence-corrected chi connectivity index (χ0v) is 13.0. The zero-order valence-electron chi connectivity index (χ0n) is 13.0. The number of hydrogen-bond donors (Lipinski definition) is 0. The number of carbonyl (C=O) groups excluding carboxylic acids is 1. The lowest BCUT2D eigenvalue weighted by atomic mass is 9.80. The smallest absolute Gasteiger partial charge is 0.231 e. The van der Waals surface area contributed by atoms with Gasteiger partial charge in [0, 0.05) is 23.1 Å². The van der Waals surface area contributed by atoms with Crippen LogP contribution in [0.5, 0.6) is 17.2 Å². The highest BCUT2D eigenvalue weighted by Crippen LogP contribution is 2.48. The van der Waals surface area contributed by atoms with Gasteiger partial charge in [0.15, 0.2) is 17.3 Å². The van der Waals surface area contributed by atoms with Crippen LogP contribution < -0.4 is 14.2 Å². The predicted octanol–water partition coefficient (Wildman–Crippen LogP) is 3.80. The number of carbonyl (C=O) groups is 1. The van der Waals surface area contributed by atoms with Gasteiger partial charge in [-0.15, -0.1) is 0 Å². The summed E-state index contributed by atoms with van der Waals surface area (Å²) >= 11 is 0. The van der Waals surface area contributed by atoms with Gasteiger partial charge < -0.3 is 14.2 Å². The van der Waals surface area contributed by atoms with E-state index in [1.807, 2.05) is 49.4 Å². The second kappa shape index (κ2) is 5.16. The van der Waals surface area contributed by atoms with Gasteiger partial charge in [0.05, 0.1) is 0 Å². The van der Waals surface area contributed by atoms with Gasteiger partial charge in [0.1, 0.15) is 11.5 Å². The molecule has 0 spiro atoms. The van der Waals surface area contributed by atoms with E-state index in [0.717, 1.165) is 11.1 Å². The standard InChI is InChI=1S/C19H16O4/c1-11(20)18-12(2)23-15-9-17-16(21-10-22-17)8-14(15)19(18)13-6-4-3-5-7-13/h3-9,19H,10H2,1-2H3/t19-/m0/s1. The van der Waals surface area contributed by atoms with Crippen LogP contribution in [0.1, 0.15) is 30.9 Å². The molecule has 0 saturated heterocycles. The monoisotopic (exact) mass is 308 g/mol. The number of ether oxygens (including phenoxy) is 3. The molecule has 4 heteroatoms. The lowest BCUT2D eigenvalue weighted by Gasteiger charge is -2.29. The Morgan fingerprint density at radius 3 is 2.43 bits per heavy atom. The van der Waals surface area contributed by atoms with Crippen LogP contribution >= 0.6 is 0 Å². The van der Waals surface area contributed by atoms with Crippen molar-refractivity contribution in [1.82, 2.24) is 0 Å². The van der Waals surface area contributed by atoms with Crippen molar-refractivity contribution in [1.29, 1.82) is 0 Å². The summed E-state index contributed by atoms with van der Waals surface area (Å²) in [4.78, 5) is 12.2. The van der Waals surface area contributed by atoms with Gasteiger partial charge in [0.2, 0.25) is 6.79 Å². The quantitative estimate of drug-likeness (QED) is 0.846. The maximum Gasteiger partial charge on any atom is 0.231 e. The van der Waals surface area contributed by atoms with Crippen molar-refractivity contribution in [3.05, 3.63) is 64.9 Å². The van der Waals surface area contributed by atoms with Gasteiger partial charge >= 0.3 is 0 Å². The van der Waals surface area contributed by atoms with Crippen molar-refractivity contribution >= 4 is 5.78 Å². The number of Topliss-reactive ketones (excluding diaryl/α,β-unsaturated/α-hetero) is 1. The summed E-state index contributed by atoms with van der Waals surface area (Å²) in [7, 11) is 0. The van der Waals surface area contributed by atoms with E-state index in [-0.39, 0.29) is 18.5 Å². The molecular formula is C19H16O4. The molecule has 23 heavy (non-hydrogen) atoms. The fourth-order valence-corrected chi connectivity index (χ4v) is 3.27. The normalized spacial score (nSPS) is 18.4. The fraction of sp³-hybridized carbons (Fsp3) is 0.211. The van der Waals surface area contributed by atoms with Crippen LogP contribution in [-0.4, -0.2) is 12.6 Å². The minimum atomic E-state index is -0.160. The third-order valence-electron chi connectivity index (χ3n) is 4.26. The van der Waals surface area contributed by atoms with Crippen LogP contribution in [0.2, 0.25) is 0 Å². The molecule has 0 unspecified atom stereocenters. The van der Waals surface area contributed by atoms with Gasteiger partial charge in [-0.05, 0) is 25.5 Å². The SMILES string of the molecule is CC(=O)C1=C(C)Oc2cc3c(cc2[C@@H]1c1ccccc1)OCO3. The molecule has 1 atom stereocenters. The highest BCUT2D eigenvalue weighted by atomic mass is 16.7. The summed E-state index contributed by atoms with van der Waals surface area (Å²) in [5, 5.41) is 0. The Balaban J connectivity index is 1.95. The third-order valence-corrected chi connectivity index (χ3v) is 4.26. The molecule has 4 nitrogen and oxygen atoms in total. The molecule has 116 valence electrons. The van der Waals surface area contributed by atoms with E-state index in [4.69, 9.17) is 14.2 Å². The highest BCUT2D eigenvalue weighted by Gasteiger charge is 2.34. The van der Waals surface area contributed by atoms with Crippen LogP contribution in [0, 0.1) is 0 Å². The largest absolute Gasteiger partial charge is 0.461 e. The fourth-order valence-electron chi connectivity index (χ4n) is 3.27. The lowest BCUT2D eigenvalue weighted by molar-refractivity contribution is -0.114. The first-order valence-electron chi connectivity index (χ1n) is 7.53. The first-order valence-corrected chi connectivity index (χ1v) is 7.53. The zero-order chi connectivity index (χ0) is 16.0. The van der Waals surface area contributed by atoms with E-state index in [2.05, 4.69) is 0 Å². The Morgan fingerprint density at radius 2 is 1.74 bits per heavy atom. The molecule has 0 N–H and O–H groups in total. The summed E-state index contributed by atoms with van der Waals surface area (Å²) in [6.07, 6.45) is 0. The van der Waals surface area contributed by atoms with Crippen LogP contribution in [0.15, 0.2) is 53.8 Å². The first-order chi connectivity index (χ1) is 11.1. The number of hydrogen-bond acceptors (Lipinski definition) is 4. The number of ketones is 1. The summed E-state index contributed by atoms with van der Waals surface area (Å²) in [5.74, 6) is 2.57. The van der Waals surface area contributed by atoms with Crippen LogP contribution in [0.25, 0.3) is 0 Å². The average molecular weight is 308 g/mol. The summed E-state index contributed by atoms with van der Waals surface area (Å²) in [6, 6.07) is 13.7. The molecule has 2 heterocycles.